The van der Waals surface area contributed by atoms with E-state index >= 15 is 0 Å². The molecule has 0 spiro atoms. The van der Waals surface area contributed by atoms with E-state index in [1.807, 2.05) is 0 Å². The number of aliphatic hydroxyl groups excluding tert-OH is 3. The van der Waals surface area contributed by atoms with Crippen molar-refractivity contribution in [2.24, 2.45) is 0 Å². The van der Waals surface area contributed by atoms with Crippen molar-refractivity contribution < 1.29 is 62.0 Å². The summed E-state index contributed by atoms with van der Waals surface area (Å²) in [7, 11) is 0. The number of aromatic hydroxyl groups is 4. The Labute approximate surface area is 181 Å². The molecular weight excluding hydrogens is 436 g/mol. The number of hydrogen-bond donors (Lipinski definition) is 7. The van der Waals surface area contributed by atoms with E-state index in [0.717, 1.165) is 6.07 Å². The highest BCUT2D eigenvalue weighted by Crippen LogP contribution is 2.41. The molecule has 11 heteroatoms. The first kappa shape index (κ1) is 22.7. The van der Waals surface area contributed by atoms with Crippen LogP contribution < -0.4 is 17.1 Å². The smallest absolute Gasteiger partial charge is 0.402 e. The van der Waals surface area contributed by atoms with E-state index in [2.05, 4.69) is 0 Å². The number of aliphatic hydroxyl groups is 3. The van der Waals surface area contributed by atoms with Crippen molar-refractivity contribution in [3.8, 4) is 40.1 Å². The third-order valence-corrected chi connectivity index (χ3v) is 4.75. The number of ether oxygens (including phenoxy) is 2. The summed E-state index contributed by atoms with van der Waals surface area (Å²) in [6.45, 7) is -0.290. The Morgan fingerprint density at radius 1 is 0.871 bits per heavy atom. The van der Waals surface area contributed by atoms with Gasteiger partial charge in [0.15, 0.2) is 11.5 Å². The highest BCUT2D eigenvalue weighted by molar-refractivity contribution is 5.88. The van der Waals surface area contributed by atoms with Crippen molar-refractivity contribution in [3.05, 3.63) is 36.4 Å². The minimum Gasteiger partial charge on any atom is -1.00 e. The van der Waals surface area contributed by atoms with E-state index in [-0.39, 0.29) is 64.3 Å². The highest BCUT2D eigenvalue weighted by atomic mass is 35.5. The standard InChI is InChI=1S/C20H18O10.ClH/c21-9-4-12(23)10-6-16(30-20-18(27)17(26)14(25)7-28-20)19(29-15(10)5-9)8-1-2-11(22)13(24)3-8;/h1-6,14,17-18,20,25-27H,7H2,(H3-,21,22,23,24);1H/t14-,17+,18-,20?;/m1./s1. The van der Waals surface area contributed by atoms with Crippen molar-refractivity contribution in [1.29, 1.82) is 0 Å². The van der Waals surface area contributed by atoms with Crippen LogP contribution in [0.2, 0.25) is 0 Å². The molecule has 0 bridgehead atoms. The zero-order chi connectivity index (χ0) is 21.6. The first-order valence-corrected chi connectivity index (χ1v) is 8.92. The zero-order valence-electron chi connectivity index (χ0n) is 15.7. The monoisotopic (exact) mass is 454 g/mol. The lowest BCUT2D eigenvalue weighted by molar-refractivity contribution is -0.242. The normalized spacial score (nSPS) is 23.3. The molecule has 10 nitrogen and oxygen atoms in total. The molecule has 7 N–H and O–H groups in total. The van der Waals surface area contributed by atoms with Gasteiger partial charge in [-0.2, -0.15) is 0 Å². The summed E-state index contributed by atoms with van der Waals surface area (Å²) in [4.78, 5) is 0. The van der Waals surface area contributed by atoms with Crippen LogP contribution in [0.3, 0.4) is 0 Å². The summed E-state index contributed by atoms with van der Waals surface area (Å²) in [6.07, 6.45) is -5.76. The highest BCUT2D eigenvalue weighted by Gasteiger charge is 2.40. The second-order valence-electron chi connectivity index (χ2n) is 6.89. The minimum absolute atomic E-state index is 0. The van der Waals surface area contributed by atoms with E-state index in [1.54, 1.807) is 0 Å². The van der Waals surface area contributed by atoms with Gasteiger partial charge in [-0.3, -0.25) is 0 Å². The molecule has 4 rings (SSSR count). The molecular formula is C20H19ClO10. The van der Waals surface area contributed by atoms with E-state index in [1.165, 1.54) is 30.3 Å². The number of fused-ring (bicyclic) bond motifs is 1. The molecule has 3 aromatic rings. The van der Waals surface area contributed by atoms with Gasteiger partial charge in [-0.05, 0) is 12.1 Å². The summed E-state index contributed by atoms with van der Waals surface area (Å²) >= 11 is 0. The molecule has 0 aliphatic carbocycles. The Balaban J connectivity index is 0.00000272. The summed E-state index contributed by atoms with van der Waals surface area (Å²) in [5, 5.41) is 69.1. The lowest BCUT2D eigenvalue weighted by Gasteiger charge is -2.34. The van der Waals surface area contributed by atoms with Crippen LogP contribution in [0.1, 0.15) is 0 Å². The SMILES string of the molecule is Oc1cc(O)c2cc(OC3OC[C@@H](O)[C@H](O)[C@H]3O)c(-c3ccc(O)c(O)c3)[o+]c2c1.[Cl-]. The number of phenolic OH excluding ortho intramolecular Hbond substituents is 4. The fourth-order valence-corrected chi connectivity index (χ4v) is 3.15. The van der Waals surface area contributed by atoms with Gasteiger partial charge >= 0.3 is 11.3 Å². The zero-order valence-corrected chi connectivity index (χ0v) is 16.5. The quantitative estimate of drug-likeness (QED) is 0.174. The molecule has 0 radical (unpaired) electrons. The Hall–Kier alpha value is -3.02. The van der Waals surface area contributed by atoms with Crippen LogP contribution in [0, 0.1) is 0 Å². The molecule has 31 heavy (non-hydrogen) atoms. The van der Waals surface area contributed by atoms with Crippen molar-refractivity contribution in [2.45, 2.75) is 24.6 Å². The number of benzene rings is 2. The van der Waals surface area contributed by atoms with Crippen LogP contribution in [0.4, 0.5) is 0 Å². The molecule has 166 valence electrons. The molecule has 0 amide bonds. The molecule has 1 fully saturated rings. The Morgan fingerprint density at radius 2 is 1.61 bits per heavy atom. The molecule has 1 aliphatic heterocycles. The van der Waals surface area contributed by atoms with Crippen LogP contribution in [0.15, 0.2) is 40.8 Å². The third-order valence-electron chi connectivity index (χ3n) is 4.75. The lowest BCUT2D eigenvalue weighted by atomic mass is 10.1. The number of phenols is 4. The third kappa shape index (κ3) is 4.24. The average molecular weight is 455 g/mol. The second kappa shape index (κ2) is 8.61. The van der Waals surface area contributed by atoms with Gasteiger partial charge in [0, 0.05) is 18.2 Å². The van der Waals surface area contributed by atoms with Crippen LogP contribution in [0.25, 0.3) is 22.3 Å². The van der Waals surface area contributed by atoms with E-state index in [0.29, 0.717) is 0 Å². The number of hydrogen-bond acceptors (Lipinski definition) is 9. The molecule has 0 saturated carbocycles. The largest absolute Gasteiger partial charge is 1.00 e. The van der Waals surface area contributed by atoms with Gasteiger partial charge in [0.1, 0.15) is 35.2 Å². The lowest BCUT2D eigenvalue weighted by Crippen LogP contribution is -3.00. The maximum absolute atomic E-state index is 10.2. The first-order chi connectivity index (χ1) is 14.2. The second-order valence-corrected chi connectivity index (χ2v) is 6.89. The Kier molecular flexibility index (Phi) is 6.30. The van der Waals surface area contributed by atoms with E-state index in [9.17, 15) is 35.7 Å². The first-order valence-electron chi connectivity index (χ1n) is 8.92. The van der Waals surface area contributed by atoms with Crippen molar-refractivity contribution in [1.82, 2.24) is 0 Å². The van der Waals surface area contributed by atoms with Crippen LogP contribution in [-0.4, -0.2) is 67.0 Å². The molecule has 1 unspecified atom stereocenters. The fraction of sp³-hybridized carbons (Fsp3) is 0.250. The van der Waals surface area contributed by atoms with Crippen molar-refractivity contribution in [2.75, 3.05) is 6.61 Å². The molecule has 1 aromatic heterocycles. The number of halogens is 1. The maximum atomic E-state index is 10.2. The summed E-state index contributed by atoms with van der Waals surface area (Å²) in [6, 6.07) is 7.56. The van der Waals surface area contributed by atoms with Gasteiger partial charge in [-0.1, -0.05) is 0 Å². The van der Waals surface area contributed by atoms with Crippen LogP contribution >= 0.6 is 0 Å². The summed E-state index contributed by atoms with van der Waals surface area (Å²) in [5.41, 5.74) is 0.346. The van der Waals surface area contributed by atoms with Gasteiger partial charge in [-0.25, -0.2) is 4.42 Å². The molecule has 4 atom stereocenters. The molecule has 1 aliphatic rings. The van der Waals surface area contributed by atoms with Gasteiger partial charge in [0.05, 0.1) is 18.2 Å². The molecule has 2 heterocycles. The van der Waals surface area contributed by atoms with Gasteiger partial charge in [-0.15, -0.1) is 0 Å². The van der Waals surface area contributed by atoms with Gasteiger partial charge in [0.25, 0.3) is 0 Å². The number of rotatable bonds is 3. The van der Waals surface area contributed by atoms with Crippen LogP contribution in [-0.2, 0) is 4.74 Å². The van der Waals surface area contributed by atoms with E-state index in [4.69, 9.17) is 13.9 Å². The van der Waals surface area contributed by atoms with Crippen molar-refractivity contribution in [3.63, 3.8) is 0 Å². The predicted molar refractivity (Wildman–Crippen MR) is 101 cm³/mol. The fourth-order valence-electron chi connectivity index (χ4n) is 3.15. The maximum Gasteiger partial charge on any atom is 0.402 e. The van der Waals surface area contributed by atoms with Crippen molar-refractivity contribution >= 4 is 11.0 Å². The Morgan fingerprint density at radius 3 is 2.32 bits per heavy atom. The predicted octanol–water partition coefficient (Wildman–Crippen LogP) is -1.97. The summed E-state index contributed by atoms with van der Waals surface area (Å²) < 4.78 is 16.7. The van der Waals surface area contributed by atoms with E-state index < -0.39 is 30.4 Å². The van der Waals surface area contributed by atoms with Crippen LogP contribution in [0.5, 0.6) is 28.7 Å². The topological polar surface area (TPSA) is 171 Å². The average Bonchev–Trinajstić information content (AvgIpc) is 2.70. The molecule has 2 aromatic carbocycles. The van der Waals surface area contributed by atoms with Gasteiger partial charge < -0.3 is 57.6 Å². The van der Waals surface area contributed by atoms with Gasteiger partial charge in [0.2, 0.25) is 12.0 Å². The summed E-state index contributed by atoms with van der Waals surface area (Å²) in [5.74, 6) is -1.37. The molecule has 1 saturated heterocycles. The Bertz CT molecular complexity index is 1110. The minimum atomic E-state index is -1.58.